The molecule has 2 heterocycles. The SMILES string of the molecule is COc1ccncc1C1=CC2CNCC2C1. The summed E-state index contributed by atoms with van der Waals surface area (Å²) in [6.07, 6.45) is 7.24. The maximum Gasteiger partial charge on any atom is 0.129 e. The molecule has 0 spiro atoms. The molecule has 2 unspecified atom stereocenters. The fourth-order valence-corrected chi connectivity index (χ4v) is 2.78. The number of methoxy groups -OCH3 is 1. The Labute approximate surface area is 95.5 Å². The van der Waals surface area contributed by atoms with Gasteiger partial charge in [0.1, 0.15) is 5.75 Å². The monoisotopic (exact) mass is 216 g/mol. The molecule has 2 atom stereocenters. The van der Waals surface area contributed by atoms with Crippen LogP contribution in [0.2, 0.25) is 0 Å². The largest absolute Gasteiger partial charge is 0.496 e. The van der Waals surface area contributed by atoms with Gasteiger partial charge in [0.05, 0.1) is 7.11 Å². The fraction of sp³-hybridized carbons (Fsp3) is 0.462. The van der Waals surface area contributed by atoms with Crippen LogP contribution < -0.4 is 10.1 Å². The van der Waals surface area contributed by atoms with E-state index in [4.69, 9.17) is 4.74 Å². The second-order valence-corrected chi connectivity index (χ2v) is 4.55. The summed E-state index contributed by atoms with van der Waals surface area (Å²) < 4.78 is 5.38. The first-order valence-corrected chi connectivity index (χ1v) is 5.78. The van der Waals surface area contributed by atoms with Gasteiger partial charge >= 0.3 is 0 Å². The molecule has 3 heteroatoms. The van der Waals surface area contributed by atoms with Crippen molar-refractivity contribution in [3.63, 3.8) is 0 Å². The highest BCUT2D eigenvalue weighted by Crippen LogP contribution is 2.40. The molecule has 3 nitrogen and oxygen atoms in total. The zero-order valence-electron chi connectivity index (χ0n) is 9.44. The molecule has 0 saturated carbocycles. The van der Waals surface area contributed by atoms with Gasteiger partial charge in [0.25, 0.3) is 0 Å². The van der Waals surface area contributed by atoms with Gasteiger partial charge in [0, 0.05) is 24.5 Å². The van der Waals surface area contributed by atoms with Crippen LogP contribution in [-0.4, -0.2) is 25.2 Å². The van der Waals surface area contributed by atoms with Gasteiger partial charge in [0.2, 0.25) is 0 Å². The van der Waals surface area contributed by atoms with E-state index in [0.717, 1.165) is 31.2 Å². The molecule has 1 saturated heterocycles. The number of nitrogens with zero attached hydrogens (tertiary/aromatic N) is 1. The normalized spacial score (nSPS) is 27.7. The molecular formula is C13H16N2O. The standard InChI is InChI=1S/C13H16N2O/c1-16-13-2-3-14-8-12(13)9-4-10-6-15-7-11(10)5-9/h2-4,8,10-11,15H,5-7H2,1H3. The molecule has 1 aliphatic heterocycles. The van der Waals surface area contributed by atoms with Gasteiger partial charge in [-0.15, -0.1) is 0 Å². The molecule has 3 rings (SSSR count). The summed E-state index contributed by atoms with van der Waals surface area (Å²) in [5.74, 6) is 2.43. The lowest BCUT2D eigenvalue weighted by atomic mass is 9.98. The van der Waals surface area contributed by atoms with Crippen molar-refractivity contribution < 1.29 is 4.74 Å². The van der Waals surface area contributed by atoms with Crippen LogP contribution in [0.3, 0.4) is 0 Å². The zero-order chi connectivity index (χ0) is 11.0. The van der Waals surface area contributed by atoms with Gasteiger partial charge in [-0.05, 0) is 36.4 Å². The fourth-order valence-electron chi connectivity index (χ4n) is 2.78. The molecule has 1 N–H and O–H groups in total. The molecule has 1 aromatic rings. The lowest BCUT2D eigenvalue weighted by molar-refractivity contribution is 0.412. The number of hydrogen-bond acceptors (Lipinski definition) is 3. The van der Waals surface area contributed by atoms with Crippen LogP contribution in [0.25, 0.3) is 5.57 Å². The summed E-state index contributed by atoms with van der Waals surface area (Å²) >= 11 is 0. The number of pyridine rings is 1. The molecule has 0 radical (unpaired) electrons. The number of allylic oxidation sites excluding steroid dienone is 1. The van der Waals surface area contributed by atoms with E-state index in [1.54, 1.807) is 13.3 Å². The molecule has 0 aromatic carbocycles. The number of hydrogen-bond donors (Lipinski definition) is 1. The van der Waals surface area contributed by atoms with Crippen LogP contribution in [0.4, 0.5) is 0 Å². The summed E-state index contributed by atoms with van der Waals surface area (Å²) in [4.78, 5) is 4.20. The number of nitrogens with one attached hydrogen (secondary N) is 1. The average molecular weight is 216 g/mol. The molecule has 2 aliphatic rings. The highest BCUT2D eigenvalue weighted by molar-refractivity contribution is 5.72. The Morgan fingerprint density at radius 1 is 1.44 bits per heavy atom. The van der Waals surface area contributed by atoms with Gasteiger partial charge in [-0.25, -0.2) is 0 Å². The molecule has 16 heavy (non-hydrogen) atoms. The first-order chi connectivity index (χ1) is 7.88. The van der Waals surface area contributed by atoms with E-state index in [0.29, 0.717) is 5.92 Å². The third kappa shape index (κ3) is 1.52. The van der Waals surface area contributed by atoms with Crippen LogP contribution in [0.1, 0.15) is 12.0 Å². The van der Waals surface area contributed by atoms with Crippen LogP contribution in [0.5, 0.6) is 5.75 Å². The Balaban J connectivity index is 1.93. The van der Waals surface area contributed by atoms with Gasteiger partial charge in [0.15, 0.2) is 0 Å². The number of aromatic nitrogens is 1. The van der Waals surface area contributed by atoms with Crippen LogP contribution in [0, 0.1) is 11.8 Å². The minimum Gasteiger partial charge on any atom is -0.496 e. The summed E-state index contributed by atoms with van der Waals surface area (Å²) in [7, 11) is 1.72. The van der Waals surface area contributed by atoms with E-state index >= 15 is 0 Å². The predicted octanol–water partition coefficient (Wildman–Crippen LogP) is 1.71. The minimum absolute atomic E-state index is 0.708. The summed E-state index contributed by atoms with van der Waals surface area (Å²) in [5.41, 5.74) is 2.57. The molecular weight excluding hydrogens is 200 g/mol. The van der Waals surface area contributed by atoms with Crippen molar-refractivity contribution in [3.05, 3.63) is 30.1 Å². The van der Waals surface area contributed by atoms with E-state index in [9.17, 15) is 0 Å². The van der Waals surface area contributed by atoms with Crippen molar-refractivity contribution in [2.75, 3.05) is 20.2 Å². The Morgan fingerprint density at radius 2 is 2.38 bits per heavy atom. The van der Waals surface area contributed by atoms with Crippen molar-refractivity contribution in [1.29, 1.82) is 0 Å². The highest BCUT2D eigenvalue weighted by atomic mass is 16.5. The topological polar surface area (TPSA) is 34.1 Å². The van der Waals surface area contributed by atoms with E-state index in [1.165, 1.54) is 11.1 Å². The second kappa shape index (κ2) is 3.91. The van der Waals surface area contributed by atoms with Gasteiger partial charge < -0.3 is 10.1 Å². The molecule has 0 amide bonds. The quantitative estimate of drug-likeness (QED) is 0.817. The molecule has 1 aromatic heterocycles. The van der Waals surface area contributed by atoms with Crippen molar-refractivity contribution in [2.24, 2.45) is 11.8 Å². The Hall–Kier alpha value is -1.35. The summed E-state index contributed by atoms with van der Waals surface area (Å²) in [6.45, 7) is 2.27. The molecule has 84 valence electrons. The lowest BCUT2D eigenvalue weighted by Crippen LogP contribution is -2.09. The van der Waals surface area contributed by atoms with E-state index in [1.807, 2.05) is 12.3 Å². The van der Waals surface area contributed by atoms with E-state index in [2.05, 4.69) is 16.4 Å². The average Bonchev–Trinajstić information content (AvgIpc) is 2.89. The van der Waals surface area contributed by atoms with Crippen molar-refractivity contribution in [3.8, 4) is 5.75 Å². The van der Waals surface area contributed by atoms with Crippen molar-refractivity contribution in [1.82, 2.24) is 10.3 Å². The predicted molar refractivity (Wildman–Crippen MR) is 63.2 cm³/mol. The maximum absolute atomic E-state index is 5.38. The zero-order valence-corrected chi connectivity index (χ0v) is 9.44. The second-order valence-electron chi connectivity index (χ2n) is 4.55. The first kappa shape index (κ1) is 9.85. The highest BCUT2D eigenvalue weighted by Gasteiger charge is 2.32. The summed E-state index contributed by atoms with van der Waals surface area (Å²) in [6, 6.07) is 1.93. The number of ether oxygens (including phenoxy) is 1. The number of rotatable bonds is 2. The smallest absolute Gasteiger partial charge is 0.129 e. The van der Waals surface area contributed by atoms with Crippen LogP contribution in [-0.2, 0) is 0 Å². The summed E-state index contributed by atoms with van der Waals surface area (Å²) in [5, 5.41) is 3.43. The first-order valence-electron chi connectivity index (χ1n) is 5.78. The van der Waals surface area contributed by atoms with Crippen molar-refractivity contribution >= 4 is 5.57 Å². The van der Waals surface area contributed by atoms with E-state index < -0.39 is 0 Å². The van der Waals surface area contributed by atoms with Gasteiger partial charge in [-0.2, -0.15) is 0 Å². The van der Waals surface area contributed by atoms with E-state index in [-0.39, 0.29) is 0 Å². The minimum atomic E-state index is 0.708. The third-order valence-electron chi connectivity index (χ3n) is 3.64. The lowest BCUT2D eigenvalue weighted by Gasteiger charge is -2.09. The third-order valence-corrected chi connectivity index (χ3v) is 3.64. The van der Waals surface area contributed by atoms with Crippen LogP contribution >= 0.6 is 0 Å². The Bertz CT molecular complexity index is 428. The Morgan fingerprint density at radius 3 is 3.19 bits per heavy atom. The molecule has 1 aliphatic carbocycles. The van der Waals surface area contributed by atoms with Crippen molar-refractivity contribution in [2.45, 2.75) is 6.42 Å². The van der Waals surface area contributed by atoms with Crippen LogP contribution in [0.15, 0.2) is 24.5 Å². The maximum atomic E-state index is 5.38. The number of fused-ring (bicyclic) bond motifs is 1. The molecule has 1 fully saturated rings. The van der Waals surface area contributed by atoms with Gasteiger partial charge in [-0.1, -0.05) is 6.08 Å². The molecule has 0 bridgehead atoms. The Kier molecular flexibility index (Phi) is 2.40. The van der Waals surface area contributed by atoms with Gasteiger partial charge in [-0.3, -0.25) is 4.98 Å².